The number of hydrogen-bond acceptors (Lipinski definition) is 4. The molecule has 0 aromatic heterocycles. The van der Waals surface area contributed by atoms with E-state index < -0.39 is 5.54 Å². The highest BCUT2D eigenvalue weighted by atomic mass is 16.2. The lowest BCUT2D eigenvalue weighted by molar-refractivity contribution is -0.137. The summed E-state index contributed by atoms with van der Waals surface area (Å²) in [6.45, 7) is 3.73. The van der Waals surface area contributed by atoms with Gasteiger partial charge in [0.25, 0.3) is 5.91 Å². The topological polar surface area (TPSA) is 85.0 Å². The van der Waals surface area contributed by atoms with Crippen molar-refractivity contribution in [2.75, 3.05) is 36.5 Å². The van der Waals surface area contributed by atoms with Crippen molar-refractivity contribution in [1.29, 1.82) is 0 Å². The second-order valence-corrected chi connectivity index (χ2v) is 10.2. The first-order chi connectivity index (χ1) is 19.0. The molecule has 3 aromatic rings. The number of urea groups is 1. The van der Waals surface area contributed by atoms with Crippen LogP contribution < -0.4 is 15.5 Å². The average molecular weight is 526 g/mol. The number of hydrogen-bond donors (Lipinski definition) is 2. The molecule has 39 heavy (non-hydrogen) atoms. The normalized spacial score (nSPS) is 16.4. The number of nitrogens with one attached hydrogen (secondary N) is 2. The van der Waals surface area contributed by atoms with E-state index in [1.54, 1.807) is 9.80 Å². The van der Waals surface area contributed by atoms with Crippen LogP contribution in [0.2, 0.25) is 0 Å². The summed E-state index contributed by atoms with van der Waals surface area (Å²) in [5, 5.41) is 5.92. The zero-order chi connectivity index (χ0) is 27.2. The fourth-order valence-electron chi connectivity index (χ4n) is 5.45. The number of carbonyl (C=O) groups is 3. The summed E-state index contributed by atoms with van der Waals surface area (Å²) in [5.74, 6) is -0.250. The molecule has 3 aromatic carbocycles. The first kappa shape index (κ1) is 26.3. The van der Waals surface area contributed by atoms with E-state index >= 15 is 0 Å². The van der Waals surface area contributed by atoms with Gasteiger partial charge in [0.1, 0.15) is 12.1 Å². The Hall–Kier alpha value is -4.33. The summed E-state index contributed by atoms with van der Waals surface area (Å²) in [7, 11) is 0. The van der Waals surface area contributed by atoms with Crippen LogP contribution in [-0.4, -0.2) is 59.5 Å². The molecule has 1 spiro atoms. The maximum absolute atomic E-state index is 13.9. The van der Waals surface area contributed by atoms with Gasteiger partial charge in [0.15, 0.2) is 0 Å². The van der Waals surface area contributed by atoms with Crippen molar-refractivity contribution in [1.82, 2.24) is 15.1 Å². The third-order valence-electron chi connectivity index (χ3n) is 7.74. The molecule has 0 radical (unpaired) electrons. The van der Waals surface area contributed by atoms with Gasteiger partial charge in [-0.05, 0) is 54.7 Å². The maximum Gasteiger partial charge on any atom is 0.321 e. The SMILES string of the molecule is CCc1ccc(NC(=O)N2CCC3(CC2)C(=O)N(CC(=O)NCc2ccccc2)CN3c2ccccc2)cc1. The van der Waals surface area contributed by atoms with Crippen molar-refractivity contribution in [2.45, 2.75) is 38.3 Å². The number of carbonyl (C=O) groups excluding carboxylic acids is 3. The monoisotopic (exact) mass is 525 g/mol. The molecule has 8 nitrogen and oxygen atoms in total. The van der Waals surface area contributed by atoms with Crippen molar-refractivity contribution in [3.05, 3.63) is 96.1 Å². The number of piperidine rings is 1. The minimum atomic E-state index is -0.791. The molecule has 5 rings (SSSR count). The molecule has 8 heteroatoms. The number of benzene rings is 3. The lowest BCUT2D eigenvalue weighted by atomic mass is 9.85. The lowest BCUT2D eigenvalue weighted by Crippen LogP contribution is -2.58. The van der Waals surface area contributed by atoms with Gasteiger partial charge in [-0.1, -0.05) is 67.6 Å². The van der Waals surface area contributed by atoms with E-state index in [4.69, 9.17) is 0 Å². The quantitative estimate of drug-likeness (QED) is 0.483. The van der Waals surface area contributed by atoms with Gasteiger partial charge in [-0.25, -0.2) is 4.79 Å². The predicted molar refractivity (Wildman–Crippen MR) is 152 cm³/mol. The summed E-state index contributed by atoms with van der Waals surface area (Å²) in [6, 6.07) is 27.3. The Balaban J connectivity index is 1.26. The number of rotatable bonds is 7. The van der Waals surface area contributed by atoms with Gasteiger partial charge in [-0.2, -0.15) is 0 Å². The zero-order valence-electron chi connectivity index (χ0n) is 22.3. The van der Waals surface area contributed by atoms with E-state index in [1.807, 2.05) is 84.9 Å². The van der Waals surface area contributed by atoms with E-state index in [0.717, 1.165) is 23.4 Å². The van der Waals surface area contributed by atoms with Gasteiger partial charge < -0.3 is 25.3 Å². The predicted octanol–water partition coefficient (Wildman–Crippen LogP) is 4.24. The Bertz CT molecular complexity index is 1290. The molecule has 0 bridgehead atoms. The molecule has 2 fully saturated rings. The fourth-order valence-corrected chi connectivity index (χ4v) is 5.45. The van der Waals surface area contributed by atoms with Crippen LogP contribution in [0.5, 0.6) is 0 Å². The summed E-state index contributed by atoms with van der Waals surface area (Å²) < 4.78 is 0. The molecule has 0 saturated carbocycles. The van der Waals surface area contributed by atoms with Gasteiger partial charge in [0.2, 0.25) is 5.91 Å². The molecule has 0 unspecified atom stereocenters. The average Bonchev–Trinajstić information content (AvgIpc) is 3.24. The standard InChI is InChI=1S/C31H35N5O3/c1-2-24-13-15-26(16-14-24)33-30(39)34-19-17-31(18-20-34)29(38)35(23-36(31)27-11-7-4-8-12-27)22-28(37)32-21-25-9-5-3-6-10-25/h3-16H,2,17-23H2,1H3,(H,32,37)(H,33,39). The van der Waals surface area contributed by atoms with Crippen molar-refractivity contribution < 1.29 is 14.4 Å². The molecule has 4 amide bonds. The molecule has 0 aliphatic carbocycles. The number of nitrogens with zero attached hydrogens (tertiary/aromatic N) is 3. The molecule has 2 saturated heterocycles. The molecular formula is C31H35N5O3. The van der Waals surface area contributed by atoms with Crippen molar-refractivity contribution >= 4 is 29.2 Å². The van der Waals surface area contributed by atoms with E-state index in [2.05, 4.69) is 22.5 Å². The third kappa shape index (κ3) is 5.74. The molecule has 2 aliphatic rings. The van der Waals surface area contributed by atoms with Crippen LogP contribution in [-0.2, 0) is 22.6 Å². The van der Waals surface area contributed by atoms with Crippen molar-refractivity contribution in [2.24, 2.45) is 0 Å². The number of likely N-dealkylation sites (tertiary alicyclic amines) is 1. The third-order valence-corrected chi connectivity index (χ3v) is 7.74. The van der Waals surface area contributed by atoms with Crippen LogP contribution in [0.15, 0.2) is 84.9 Å². The summed E-state index contributed by atoms with van der Waals surface area (Å²) in [6.07, 6.45) is 1.93. The fraction of sp³-hybridized carbons (Fsp3) is 0.323. The lowest BCUT2D eigenvalue weighted by Gasteiger charge is -2.43. The van der Waals surface area contributed by atoms with Gasteiger partial charge in [-0.3, -0.25) is 9.59 Å². The minimum absolute atomic E-state index is 0.00525. The van der Waals surface area contributed by atoms with Gasteiger partial charge in [0.05, 0.1) is 6.67 Å². The Morgan fingerprint density at radius 1 is 0.846 bits per heavy atom. The Morgan fingerprint density at radius 2 is 1.49 bits per heavy atom. The molecular weight excluding hydrogens is 490 g/mol. The van der Waals surface area contributed by atoms with Crippen molar-refractivity contribution in [3.8, 4) is 0 Å². The van der Waals surface area contributed by atoms with Crippen LogP contribution in [0.3, 0.4) is 0 Å². The summed E-state index contributed by atoms with van der Waals surface area (Å²) in [5.41, 5.74) is 3.13. The molecule has 2 heterocycles. The largest absolute Gasteiger partial charge is 0.350 e. The van der Waals surface area contributed by atoms with E-state index in [1.165, 1.54) is 5.56 Å². The van der Waals surface area contributed by atoms with Crippen LogP contribution in [0.25, 0.3) is 0 Å². The number of anilines is 2. The smallest absolute Gasteiger partial charge is 0.321 e. The zero-order valence-corrected chi connectivity index (χ0v) is 22.3. The van der Waals surface area contributed by atoms with Crippen LogP contribution in [0.1, 0.15) is 30.9 Å². The highest BCUT2D eigenvalue weighted by Gasteiger charge is 2.54. The molecule has 2 aliphatic heterocycles. The molecule has 202 valence electrons. The highest BCUT2D eigenvalue weighted by molar-refractivity contribution is 5.97. The Labute approximate surface area is 229 Å². The first-order valence-corrected chi connectivity index (χ1v) is 13.6. The minimum Gasteiger partial charge on any atom is -0.350 e. The number of para-hydroxylation sites is 1. The van der Waals surface area contributed by atoms with Crippen molar-refractivity contribution in [3.63, 3.8) is 0 Å². The second-order valence-electron chi connectivity index (χ2n) is 10.2. The van der Waals surface area contributed by atoms with Gasteiger partial charge in [-0.15, -0.1) is 0 Å². The van der Waals surface area contributed by atoms with Crippen LogP contribution in [0, 0.1) is 0 Å². The molecule has 2 N–H and O–H groups in total. The summed E-state index contributed by atoms with van der Waals surface area (Å²) >= 11 is 0. The second kappa shape index (κ2) is 11.6. The van der Waals surface area contributed by atoms with Gasteiger partial charge >= 0.3 is 6.03 Å². The highest BCUT2D eigenvalue weighted by Crippen LogP contribution is 2.39. The van der Waals surface area contributed by atoms with Crippen LogP contribution >= 0.6 is 0 Å². The summed E-state index contributed by atoms with van der Waals surface area (Å²) in [4.78, 5) is 45.2. The Morgan fingerprint density at radius 3 is 2.13 bits per heavy atom. The maximum atomic E-state index is 13.9. The van der Waals surface area contributed by atoms with Crippen LogP contribution in [0.4, 0.5) is 16.2 Å². The van der Waals surface area contributed by atoms with E-state index in [-0.39, 0.29) is 24.4 Å². The first-order valence-electron chi connectivity index (χ1n) is 13.6. The van der Waals surface area contributed by atoms with E-state index in [9.17, 15) is 14.4 Å². The molecule has 0 atom stereocenters. The number of aryl methyl sites for hydroxylation is 1. The Kier molecular flexibility index (Phi) is 7.81. The van der Waals surface area contributed by atoms with Gasteiger partial charge in [0, 0.05) is 31.0 Å². The number of amides is 4. The van der Waals surface area contributed by atoms with E-state index in [0.29, 0.717) is 39.1 Å².